The third kappa shape index (κ3) is 2.93. The van der Waals surface area contributed by atoms with Crippen molar-refractivity contribution in [2.45, 2.75) is 6.61 Å². The van der Waals surface area contributed by atoms with Gasteiger partial charge in [0.05, 0.1) is 5.56 Å². The van der Waals surface area contributed by atoms with E-state index in [0.29, 0.717) is 11.4 Å². The van der Waals surface area contributed by atoms with Crippen LogP contribution in [0.1, 0.15) is 16.2 Å². The van der Waals surface area contributed by atoms with Gasteiger partial charge in [-0.2, -0.15) is 0 Å². The van der Waals surface area contributed by atoms with Crippen molar-refractivity contribution in [3.8, 4) is 11.4 Å². The Morgan fingerprint density at radius 2 is 1.77 bits per heavy atom. The van der Waals surface area contributed by atoms with Crippen molar-refractivity contribution in [2.75, 3.05) is 0 Å². The van der Waals surface area contributed by atoms with Crippen molar-refractivity contribution < 1.29 is 9.53 Å². The second-order valence-electron chi connectivity index (χ2n) is 5.85. The van der Waals surface area contributed by atoms with Crippen molar-refractivity contribution in [1.29, 1.82) is 0 Å². The van der Waals surface area contributed by atoms with Crippen LogP contribution in [0.15, 0.2) is 67.0 Å². The van der Waals surface area contributed by atoms with E-state index in [2.05, 4.69) is 15.2 Å². The number of carbonyl (C=O) groups excluding carboxylic acids is 1. The maximum Gasteiger partial charge on any atom is 0.340 e. The van der Waals surface area contributed by atoms with Crippen LogP contribution >= 0.6 is 0 Å². The van der Waals surface area contributed by atoms with Gasteiger partial charge in [0.2, 0.25) is 0 Å². The Morgan fingerprint density at radius 3 is 2.62 bits per heavy atom. The van der Waals surface area contributed by atoms with E-state index in [4.69, 9.17) is 4.74 Å². The second kappa shape index (κ2) is 6.76. The van der Waals surface area contributed by atoms with Gasteiger partial charge in [-0.25, -0.2) is 4.79 Å². The summed E-state index contributed by atoms with van der Waals surface area (Å²) >= 11 is 0. The predicted molar refractivity (Wildman–Crippen MR) is 97.3 cm³/mol. The van der Waals surface area contributed by atoms with Crippen LogP contribution in [0.4, 0.5) is 0 Å². The summed E-state index contributed by atoms with van der Waals surface area (Å²) in [6.07, 6.45) is 3.25. The van der Waals surface area contributed by atoms with E-state index in [-0.39, 0.29) is 6.61 Å². The van der Waals surface area contributed by atoms with E-state index < -0.39 is 5.97 Å². The Balaban J connectivity index is 1.54. The molecule has 4 rings (SSSR count). The average Bonchev–Trinajstić information content (AvgIpc) is 3.07. The number of pyridine rings is 1. The summed E-state index contributed by atoms with van der Waals surface area (Å²) in [6.45, 7) is 0.0401. The highest BCUT2D eigenvalue weighted by Crippen LogP contribution is 2.19. The topological polar surface area (TPSA) is 69.9 Å². The normalized spacial score (nSPS) is 10.8. The minimum absolute atomic E-state index is 0.0401. The third-order valence-corrected chi connectivity index (χ3v) is 4.22. The first-order chi connectivity index (χ1) is 12.7. The van der Waals surface area contributed by atoms with Crippen LogP contribution < -0.4 is 0 Å². The first-order valence-corrected chi connectivity index (χ1v) is 8.17. The Bertz CT molecular complexity index is 1070. The lowest BCUT2D eigenvalue weighted by atomic mass is 10.1. The molecule has 0 bridgehead atoms. The zero-order valence-corrected chi connectivity index (χ0v) is 14.2. The average molecular weight is 344 g/mol. The Morgan fingerprint density at radius 1 is 1.00 bits per heavy atom. The summed E-state index contributed by atoms with van der Waals surface area (Å²) in [5, 5.41) is 10.0. The van der Waals surface area contributed by atoms with Crippen molar-refractivity contribution >= 4 is 16.7 Å². The van der Waals surface area contributed by atoms with Gasteiger partial charge in [0, 0.05) is 30.4 Å². The monoisotopic (exact) mass is 344 g/mol. The van der Waals surface area contributed by atoms with Gasteiger partial charge < -0.3 is 9.30 Å². The summed E-state index contributed by atoms with van der Waals surface area (Å²) in [5.74, 6) is 0.868. The fourth-order valence-corrected chi connectivity index (χ4v) is 2.81. The lowest BCUT2D eigenvalue weighted by Crippen LogP contribution is -2.09. The molecule has 0 atom stereocenters. The summed E-state index contributed by atoms with van der Waals surface area (Å²) in [7, 11) is 1.85. The van der Waals surface area contributed by atoms with E-state index in [9.17, 15) is 4.79 Å². The molecule has 2 heterocycles. The molecule has 0 N–H and O–H groups in total. The highest BCUT2D eigenvalue weighted by atomic mass is 16.5. The SMILES string of the molecule is Cn1c(COC(=O)c2cncc3ccccc23)nnc1-c1ccccc1. The van der Waals surface area contributed by atoms with E-state index in [1.54, 1.807) is 6.20 Å². The molecule has 0 radical (unpaired) electrons. The van der Waals surface area contributed by atoms with Crippen LogP contribution in [0.5, 0.6) is 0 Å². The van der Waals surface area contributed by atoms with Crippen molar-refractivity contribution in [3.05, 3.63) is 78.4 Å². The number of hydrogen-bond donors (Lipinski definition) is 0. The molecule has 6 nitrogen and oxygen atoms in total. The van der Waals surface area contributed by atoms with Gasteiger partial charge in [-0.1, -0.05) is 54.6 Å². The van der Waals surface area contributed by atoms with Gasteiger partial charge in [-0.3, -0.25) is 4.98 Å². The second-order valence-corrected chi connectivity index (χ2v) is 5.85. The van der Waals surface area contributed by atoms with Crippen molar-refractivity contribution in [1.82, 2.24) is 19.7 Å². The number of fused-ring (bicyclic) bond motifs is 1. The minimum atomic E-state index is -0.432. The van der Waals surface area contributed by atoms with Crippen LogP contribution in [0.2, 0.25) is 0 Å². The Hall–Kier alpha value is -3.54. The van der Waals surface area contributed by atoms with Crippen LogP contribution in [0.3, 0.4) is 0 Å². The maximum atomic E-state index is 12.5. The number of rotatable bonds is 4. The number of ether oxygens (including phenoxy) is 1. The maximum absolute atomic E-state index is 12.5. The molecule has 0 aliphatic heterocycles. The summed E-state index contributed by atoms with van der Waals surface area (Å²) in [5.41, 5.74) is 1.40. The van der Waals surface area contributed by atoms with E-state index in [0.717, 1.165) is 22.2 Å². The smallest absolute Gasteiger partial charge is 0.340 e. The number of benzene rings is 2. The molecular formula is C20H16N4O2. The number of nitrogens with zero attached hydrogens (tertiary/aromatic N) is 4. The molecule has 0 saturated carbocycles. The molecule has 2 aromatic heterocycles. The Kier molecular flexibility index (Phi) is 4.15. The first-order valence-electron chi connectivity index (χ1n) is 8.17. The van der Waals surface area contributed by atoms with Gasteiger partial charge in [-0.05, 0) is 5.39 Å². The number of carbonyl (C=O) groups is 1. The fraction of sp³-hybridized carbons (Fsp3) is 0.100. The number of aromatic nitrogens is 4. The minimum Gasteiger partial charge on any atom is -0.454 e. The van der Waals surface area contributed by atoms with Crippen LogP contribution in [-0.4, -0.2) is 25.7 Å². The van der Waals surface area contributed by atoms with E-state index >= 15 is 0 Å². The van der Waals surface area contributed by atoms with Gasteiger partial charge in [0.15, 0.2) is 18.3 Å². The van der Waals surface area contributed by atoms with Crippen LogP contribution in [-0.2, 0) is 18.4 Å². The van der Waals surface area contributed by atoms with E-state index in [1.165, 1.54) is 6.20 Å². The molecule has 128 valence electrons. The lowest BCUT2D eigenvalue weighted by Gasteiger charge is -2.07. The molecule has 0 unspecified atom stereocenters. The number of hydrogen-bond acceptors (Lipinski definition) is 5. The van der Waals surface area contributed by atoms with Gasteiger partial charge in [0.1, 0.15) is 0 Å². The van der Waals surface area contributed by atoms with E-state index in [1.807, 2.05) is 66.2 Å². The zero-order valence-electron chi connectivity index (χ0n) is 14.2. The summed E-state index contributed by atoms with van der Waals surface area (Å²) in [6, 6.07) is 17.3. The van der Waals surface area contributed by atoms with Crippen LogP contribution in [0.25, 0.3) is 22.2 Å². The largest absolute Gasteiger partial charge is 0.454 e. The van der Waals surface area contributed by atoms with Gasteiger partial charge >= 0.3 is 5.97 Å². The zero-order chi connectivity index (χ0) is 17.9. The molecular weight excluding hydrogens is 328 g/mol. The number of esters is 1. The highest BCUT2D eigenvalue weighted by Gasteiger charge is 2.15. The summed E-state index contributed by atoms with van der Waals surface area (Å²) in [4.78, 5) is 16.6. The van der Waals surface area contributed by atoms with Crippen LogP contribution in [0, 0.1) is 0 Å². The van der Waals surface area contributed by atoms with Crippen molar-refractivity contribution in [3.63, 3.8) is 0 Å². The molecule has 0 aliphatic carbocycles. The molecule has 0 aliphatic rings. The van der Waals surface area contributed by atoms with Crippen molar-refractivity contribution in [2.24, 2.45) is 7.05 Å². The molecule has 0 fully saturated rings. The molecule has 0 spiro atoms. The fourth-order valence-electron chi connectivity index (χ4n) is 2.81. The Labute approximate surface area is 150 Å². The molecule has 0 amide bonds. The molecule has 26 heavy (non-hydrogen) atoms. The molecule has 4 aromatic rings. The predicted octanol–water partition coefficient (Wildman–Crippen LogP) is 3.39. The third-order valence-electron chi connectivity index (χ3n) is 4.22. The van der Waals surface area contributed by atoms with Gasteiger partial charge in [-0.15, -0.1) is 10.2 Å². The molecule has 6 heteroatoms. The molecule has 0 saturated heterocycles. The lowest BCUT2D eigenvalue weighted by molar-refractivity contribution is 0.0461. The molecule has 2 aromatic carbocycles. The summed E-state index contributed by atoms with van der Waals surface area (Å²) < 4.78 is 7.27. The first kappa shape index (κ1) is 16.0. The van der Waals surface area contributed by atoms with Gasteiger partial charge in [0.25, 0.3) is 0 Å². The standard InChI is InChI=1S/C20H16N4O2/c1-24-18(22-23-19(24)14-7-3-2-4-8-14)13-26-20(25)17-12-21-11-15-9-5-6-10-16(15)17/h2-12H,13H2,1H3. The quantitative estimate of drug-likeness (QED) is 0.531. The highest BCUT2D eigenvalue weighted by molar-refractivity contribution is 6.03.